The lowest BCUT2D eigenvalue weighted by molar-refractivity contribution is -0.134. The molecule has 1 amide bonds. The molecule has 1 aromatic carbocycles. The lowest BCUT2D eigenvalue weighted by atomic mass is 9.98. The van der Waals surface area contributed by atoms with Crippen molar-refractivity contribution in [3.63, 3.8) is 0 Å². The van der Waals surface area contributed by atoms with E-state index in [1.807, 2.05) is 0 Å². The molecule has 2 fully saturated rings. The van der Waals surface area contributed by atoms with E-state index in [-0.39, 0.29) is 36.3 Å². The number of fused-ring (bicyclic) bond motifs is 2. The van der Waals surface area contributed by atoms with Gasteiger partial charge in [-0.2, -0.15) is 5.26 Å². The van der Waals surface area contributed by atoms with Gasteiger partial charge in [0.1, 0.15) is 11.9 Å². The minimum absolute atomic E-state index is 0.0557. The number of nitrogens with two attached hydrogens (primary N) is 1. The second-order valence-electron chi connectivity index (χ2n) is 6.63. The van der Waals surface area contributed by atoms with Crippen LogP contribution in [0.15, 0.2) is 12.1 Å². The van der Waals surface area contributed by atoms with E-state index in [9.17, 15) is 23.2 Å². The topological polar surface area (TPSA) is 70.1 Å². The fourth-order valence-corrected chi connectivity index (χ4v) is 3.92. The number of nitrogens with zero attached hydrogens (tertiary/aromatic N) is 2. The number of piperidine rings is 1. The molecule has 24 heavy (non-hydrogen) atoms. The summed E-state index contributed by atoms with van der Waals surface area (Å²) >= 11 is 0. The summed E-state index contributed by atoms with van der Waals surface area (Å²) in [5.74, 6) is -3.29. The van der Waals surface area contributed by atoms with Gasteiger partial charge in [0.2, 0.25) is 5.91 Å². The molecular formula is C17H18F3N3O. The minimum Gasteiger partial charge on any atom is -0.327 e. The van der Waals surface area contributed by atoms with E-state index < -0.39 is 29.5 Å². The summed E-state index contributed by atoms with van der Waals surface area (Å²) in [6.07, 6.45) is 2.56. The van der Waals surface area contributed by atoms with Crippen LogP contribution < -0.4 is 5.73 Å². The van der Waals surface area contributed by atoms with Crippen molar-refractivity contribution in [2.24, 2.45) is 11.7 Å². The Labute approximate surface area is 138 Å². The van der Waals surface area contributed by atoms with Crippen molar-refractivity contribution in [1.82, 2.24) is 4.90 Å². The molecule has 7 heteroatoms. The van der Waals surface area contributed by atoms with Crippen LogP contribution in [-0.4, -0.2) is 28.9 Å². The Morgan fingerprint density at radius 1 is 1.29 bits per heavy atom. The lowest BCUT2D eigenvalue weighted by Crippen LogP contribution is -2.46. The third kappa shape index (κ3) is 2.98. The van der Waals surface area contributed by atoms with Crippen molar-refractivity contribution in [2.75, 3.05) is 0 Å². The van der Waals surface area contributed by atoms with E-state index in [0.29, 0.717) is 6.07 Å². The second kappa shape index (κ2) is 6.44. The molecule has 128 valence electrons. The van der Waals surface area contributed by atoms with Gasteiger partial charge in [-0.05, 0) is 43.2 Å². The van der Waals surface area contributed by atoms with E-state index in [2.05, 4.69) is 6.07 Å². The third-order valence-electron chi connectivity index (χ3n) is 5.01. The molecule has 1 aromatic rings. The summed E-state index contributed by atoms with van der Waals surface area (Å²) < 4.78 is 39.8. The summed E-state index contributed by atoms with van der Waals surface area (Å²) in [5.41, 5.74) is 5.84. The summed E-state index contributed by atoms with van der Waals surface area (Å²) in [7, 11) is 0. The molecule has 4 atom stereocenters. The van der Waals surface area contributed by atoms with Gasteiger partial charge in [0.15, 0.2) is 11.6 Å². The average molecular weight is 337 g/mol. The summed E-state index contributed by atoms with van der Waals surface area (Å²) in [5, 5.41) is 9.27. The number of benzene rings is 1. The summed E-state index contributed by atoms with van der Waals surface area (Å²) in [4.78, 5) is 14.1. The highest BCUT2D eigenvalue weighted by molar-refractivity contribution is 5.78. The minimum atomic E-state index is -1.26. The number of hydrogen-bond donors (Lipinski definition) is 1. The SMILES string of the molecule is N#CC1[C@@H]2CC[C@H](C2)N1C(=O)C[C@H](N)Cc1cc(F)c(F)cc1F. The largest absolute Gasteiger partial charge is 0.327 e. The third-order valence-corrected chi connectivity index (χ3v) is 5.01. The molecule has 1 aliphatic heterocycles. The molecule has 1 unspecified atom stereocenters. The van der Waals surface area contributed by atoms with Crippen molar-refractivity contribution in [3.8, 4) is 6.07 Å². The number of nitriles is 1. The molecule has 1 aliphatic carbocycles. The highest BCUT2D eigenvalue weighted by Gasteiger charge is 2.48. The van der Waals surface area contributed by atoms with E-state index >= 15 is 0 Å². The van der Waals surface area contributed by atoms with Crippen molar-refractivity contribution >= 4 is 5.91 Å². The van der Waals surface area contributed by atoms with Crippen molar-refractivity contribution in [2.45, 2.75) is 50.2 Å². The first-order valence-corrected chi connectivity index (χ1v) is 8.00. The molecule has 2 bridgehead atoms. The van der Waals surface area contributed by atoms with Crippen LogP contribution in [0.25, 0.3) is 0 Å². The highest BCUT2D eigenvalue weighted by atomic mass is 19.2. The van der Waals surface area contributed by atoms with Crippen LogP contribution in [0.5, 0.6) is 0 Å². The van der Waals surface area contributed by atoms with E-state index in [0.717, 1.165) is 25.3 Å². The standard InChI is InChI=1S/C17H18F3N3O/c18-13-7-15(20)14(19)5-10(13)3-11(22)6-17(24)23-12-2-1-9(4-12)16(23)8-21/h5,7,9,11-12,16H,1-4,6,22H2/t9-,11-,12-,16?/m1/s1. The number of hydrogen-bond acceptors (Lipinski definition) is 3. The smallest absolute Gasteiger partial charge is 0.225 e. The van der Waals surface area contributed by atoms with Gasteiger partial charge in [-0.25, -0.2) is 13.2 Å². The first kappa shape index (κ1) is 16.8. The predicted molar refractivity (Wildman–Crippen MR) is 80.0 cm³/mol. The van der Waals surface area contributed by atoms with Crippen LogP contribution in [0, 0.1) is 34.7 Å². The first-order chi connectivity index (χ1) is 11.4. The van der Waals surface area contributed by atoms with Gasteiger partial charge < -0.3 is 10.6 Å². The van der Waals surface area contributed by atoms with Crippen LogP contribution in [0.4, 0.5) is 13.2 Å². The molecule has 4 nitrogen and oxygen atoms in total. The van der Waals surface area contributed by atoms with Crippen molar-refractivity contribution in [1.29, 1.82) is 5.26 Å². The molecule has 1 heterocycles. The van der Waals surface area contributed by atoms with Crippen LogP contribution in [0.2, 0.25) is 0 Å². The van der Waals surface area contributed by atoms with E-state index in [4.69, 9.17) is 5.73 Å². The Morgan fingerprint density at radius 3 is 2.71 bits per heavy atom. The molecule has 0 spiro atoms. The number of carbonyl (C=O) groups excluding carboxylic acids is 1. The number of amides is 1. The number of rotatable bonds is 4. The molecule has 2 N–H and O–H groups in total. The predicted octanol–water partition coefficient (Wildman–Crippen LogP) is 2.27. The number of carbonyl (C=O) groups is 1. The number of likely N-dealkylation sites (tertiary alicyclic amines) is 1. The van der Waals surface area contributed by atoms with Crippen LogP contribution in [-0.2, 0) is 11.2 Å². The maximum atomic E-state index is 13.7. The Kier molecular flexibility index (Phi) is 4.50. The molecule has 0 radical (unpaired) electrons. The van der Waals surface area contributed by atoms with Crippen LogP contribution >= 0.6 is 0 Å². The Hall–Kier alpha value is -2.07. The fraction of sp³-hybridized carbons (Fsp3) is 0.529. The summed E-state index contributed by atoms with van der Waals surface area (Å²) in [6.45, 7) is 0. The normalized spacial score (nSPS) is 26.5. The van der Waals surface area contributed by atoms with E-state index in [1.54, 1.807) is 4.90 Å². The van der Waals surface area contributed by atoms with Gasteiger partial charge in [0.05, 0.1) is 6.07 Å². The van der Waals surface area contributed by atoms with Crippen LogP contribution in [0.1, 0.15) is 31.2 Å². The van der Waals surface area contributed by atoms with Crippen molar-refractivity contribution < 1.29 is 18.0 Å². The Bertz CT molecular complexity index is 703. The van der Waals surface area contributed by atoms with Gasteiger partial charge in [-0.3, -0.25) is 4.79 Å². The Balaban J connectivity index is 1.65. The second-order valence-corrected chi connectivity index (χ2v) is 6.63. The maximum Gasteiger partial charge on any atom is 0.225 e. The fourth-order valence-electron chi connectivity index (χ4n) is 3.92. The van der Waals surface area contributed by atoms with Gasteiger partial charge >= 0.3 is 0 Å². The summed E-state index contributed by atoms with van der Waals surface area (Å²) in [6, 6.07) is 2.37. The van der Waals surface area contributed by atoms with Crippen LogP contribution in [0.3, 0.4) is 0 Å². The molecular weight excluding hydrogens is 319 g/mol. The zero-order valence-electron chi connectivity index (χ0n) is 13.0. The highest BCUT2D eigenvalue weighted by Crippen LogP contribution is 2.42. The molecule has 3 rings (SSSR count). The monoisotopic (exact) mass is 337 g/mol. The molecule has 0 aromatic heterocycles. The van der Waals surface area contributed by atoms with Crippen molar-refractivity contribution in [3.05, 3.63) is 35.1 Å². The average Bonchev–Trinajstić information content (AvgIpc) is 3.12. The lowest BCUT2D eigenvalue weighted by Gasteiger charge is -2.32. The zero-order chi connectivity index (χ0) is 17.4. The Morgan fingerprint density at radius 2 is 2.00 bits per heavy atom. The first-order valence-electron chi connectivity index (χ1n) is 8.00. The van der Waals surface area contributed by atoms with Gasteiger partial charge in [-0.15, -0.1) is 0 Å². The van der Waals surface area contributed by atoms with Gasteiger partial charge in [0.25, 0.3) is 0 Å². The maximum absolute atomic E-state index is 13.7. The van der Waals surface area contributed by atoms with E-state index in [1.165, 1.54) is 0 Å². The zero-order valence-corrected chi connectivity index (χ0v) is 13.0. The quantitative estimate of drug-likeness (QED) is 0.857. The molecule has 1 saturated carbocycles. The molecule has 1 saturated heterocycles. The van der Waals surface area contributed by atoms with Gasteiger partial charge in [-0.1, -0.05) is 0 Å². The molecule has 2 aliphatic rings. The number of halogens is 3. The van der Waals surface area contributed by atoms with Gasteiger partial charge in [0, 0.05) is 24.6 Å².